The van der Waals surface area contributed by atoms with Crippen molar-refractivity contribution >= 4 is 0 Å². The van der Waals surface area contributed by atoms with Gasteiger partial charge in [0.2, 0.25) is 11.5 Å². The Labute approximate surface area is 175 Å². The standard InChI is InChI=1S/C22H28O8/c1-26-16-6-12(7-17(27-2)21(16)24)5-14-10-30-11-15(14)20(23)13-8-18(28-3)22(25)19(9-13)29-4/h6-9,14-15,20,23-25H,5,10-11H2,1-4H3/t14-,15-,20?/m0/s1. The molecule has 0 aliphatic carbocycles. The zero-order valence-electron chi connectivity index (χ0n) is 17.5. The molecule has 0 radical (unpaired) electrons. The summed E-state index contributed by atoms with van der Waals surface area (Å²) in [5.74, 6) is 0.782. The van der Waals surface area contributed by atoms with E-state index in [1.807, 2.05) is 0 Å². The van der Waals surface area contributed by atoms with Gasteiger partial charge in [0.1, 0.15) is 0 Å². The number of rotatable bonds is 8. The van der Waals surface area contributed by atoms with E-state index in [1.54, 1.807) is 24.3 Å². The van der Waals surface area contributed by atoms with Crippen molar-refractivity contribution in [3.63, 3.8) is 0 Å². The van der Waals surface area contributed by atoms with Crippen LogP contribution >= 0.6 is 0 Å². The third-order valence-electron chi connectivity index (χ3n) is 5.53. The number of hydrogen-bond acceptors (Lipinski definition) is 8. The Kier molecular flexibility index (Phi) is 6.79. The van der Waals surface area contributed by atoms with Gasteiger partial charge in [-0.05, 0) is 47.7 Å². The normalized spacial score (nSPS) is 19.4. The topological polar surface area (TPSA) is 107 Å². The van der Waals surface area contributed by atoms with Crippen molar-refractivity contribution < 1.29 is 39.0 Å². The average molecular weight is 420 g/mol. The molecule has 2 aromatic carbocycles. The van der Waals surface area contributed by atoms with Crippen LogP contribution in [0, 0.1) is 11.8 Å². The van der Waals surface area contributed by atoms with E-state index in [-0.39, 0.29) is 34.8 Å². The average Bonchev–Trinajstić information content (AvgIpc) is 3.22. The summed E-state index contributed by atoms with van der Waals surface area (Å²) < 4.78 is 26.6. The second-order valence-electron chi connectivity index (χ2n) is 7.23. The molecule has 0 bridgehead atoms. The fourth-order valence-electron chi connectivity index (χ4n) is 3.87. The minimum atomic E-state index is -0.846. The summed E-state index contributed by atoms with van der Waals surface area (Å²) in [6.07, 6.45) is -0.247. The largest absolute Gasteiger partial charge is 0.502 e. The summed E-state index contributed by atoms with van der Waals surface area (Å²) in [5, 5.41) is 31.3. The predicted molar refractivity (Wildman–Crippen MR) is 109 cm³/mol. The molecule has 1 fully saturated rings. The maximum atomic E-state index is 11.1. The smallest absolute Gasteiger partial charge is 0.200 e. The van der Waals surface area contributed by atoms with Crippen LogP contribution in [-0.2, 0) is 11.2 Å². The number of ether oxygens (including phenoxy) is 5. The van der Waals surface area contributed by atoms with Gasteiger partial charge in [-0.1, -0.05) is 0 Å². The minimum absolute atomic E-state index is 0.0183. The molecule has 2 aromatic rings. The van der Waals surface area contributed by atoms with Gasteiger partial charge in [-0.3, -0.25) is 0 Å². The van der Waals surface area contributed by atoms with Crippen molar-refractivity contribution in [2.75, 3.05) is 41.7 Å². The molecule has 164 valence electrons. The van der Waals surface area contributed by atoms with E-state index in [0.717, 1.165) is 5.56 Å². The van der Waals surface area contributed by atoms with Crippen LogP contribution in [-0.4, -0.2) is 57.0 Å². The van der Waals surface area contributed by atoms with E-state index in [0.29, 0.717) is 36.7 Å². The first-order chi connectivity index (χ1) is 14.4. The number of hydrogen-bond donors (Lipinski definition) is 3. The Morgan fingerprint density at radius 2 is 1.30 bits per heavy atom. The van der Waals surface area contributed by atoms with E-state index in [4.69, 9.17) is 23.7 Å². The van der Waals surface area contributed by atoms with Gasteiger partial charge in [0.05, 0.1) is 47.8 Å². The van der Waals surface area contributed by atoms with Gasteiger partial charge in [0.25, 0.3) is 0 Å². The summed E-state index contributed by atoms with van der Waals surface area (Å²) in [4.78, 5) is 0. The number of aliphatic hydroxyl groups is 1. The lowest BCUT2D eigenvalue weighted by atomic mass is 9.83. The van der Waals surface area contributed by atoms with Gasteiger partial charge in [0, 0.05) is 5.92 Å². The second-order valence-corrected chi connectivity index (χ2v) is 7.23. The van der Waals surface area contributed by atoms with Crippen LogP contribution in [0.2, 0.25) is 0 Å². The molecule has 3 atom stereocenters. The molecule has 30 heavy (non-hydrogen) atoms. The molecule has 1 saturated heterocycles. The molecule has 0 amide bonds. The van der Waals surface area contributed by atoms with Crippen LogP contribution in [0.4, 0.5) is 0 Å². The molecule has 1 heterocycles. The molecule has 1 aliphatic heterocycles. The first kappa shape index (κ1) is 21.9. The molecule has 0 spiro atoms. The van der Waals surface area contributed by atoms with Gasteiger partial charge >= 0.3 is 0 Å². The number of benzene rings is 2. The Bertz CT molecular complexity index is 831. The molecule has 8 nitrogen and oxygen atoms in total. The molecule has 1 aliphatic rings. The fourth-order valence-corrected chi connectivity index (χ4v) is 3.87. The minimum Gasteiger partial charge on any atom is -0.502 e. The SMILES string of the molecule is COc1cc(C[C@H]2COC[C@@H]2C(O)c2cc(OC)c(O)c(OC)c2)cc(OC)c1O. The third kappa shape index (κ3) is 4.20. The highest BCUT2D eigenvalue weighted by atomic mass is 16.5. The Hall–Kier alpha value is -2.84. The highest BCUT2D eigenvalue weighted by Gasteiger charge is 2.35. The van der Waals surface area contributed by atoms with Gasteiger partial charge in [0.15, 0.2) is 23.0 Å². The number of phenols is 2. The van der Waals surface area contributed by atoms with Gasteiger partial charge in [-0.2, -0.15) is 0 Å². The van der Waals surface area contributed by atoms with Crippen molar-refractivity contribution in [2.45, 2.75) is 12.5 Å². The molecule has 8 heteroatoms. The molecule has 3 rings (SSSR count). The fraction of sp³-hybridized carbons (Fsp3) is 0.455. The van der Waals surface area contributed by atoms with Crippen LogP contribution in [0.25, 0.3) is 0 Å². The first-order valence-electron chi connectivity index (χ1n) is 9.58. The lowest BCUT2D eigenvalue weighted by molar-refractivity contribution is 0.0807. The summed E-state index contributed by atoms with van der Waals surface area (Å²) in [7, 11) is 5.85. The summed E-state index contributed by atoms with van der Waals surface area (Å²) >= 11 is 0. The molecule has 3 N–H and O–H groups in total. The number of phenolic OH excluding ortho intramolecular Hbond substituents is 2. The van der Waals surface area contributed by atoms with Crippen molar-refractivity contribution in [3.8, 4) is 34.5 Å². The Balaban J connectivity index is 1.86. The van der Waals surface area contributed by atoms with E-state index in [2.05, 4.69) is 0 Å². The number of methoxy groups -OCH3 is 4. The molecular formula is C22H28O8. The van der Waals surface area contributed by atoms with E-state index in [1.165, 1.54) is 28.4 Å². The lowest BCUT2D eigenvalue weighted by Crippen LogP contribution is -2.22. The van der Waals surface area contributed by atoms with Gasteiger partial charge in [-0.15, -0.1) is 0 Å². The first-order valence-corrected chi connectivity index (χ1v) is 9.58. The molecule has 0 aromatic heterocycles. The van der Waals surface area contributed by atoms with Gasteiger partial charge in [-0.25, -0.2) is 0 Å². The van der Waals surface area contributed by atoms with Crippen LogP contribution in [0.1, 0.15) is 17.2 Å². The summed E-state index contributed by atoms with van der Waals surface area (Å²) in [6.45, 7) is 0.878. The lowest BCUT2D eigenvalue weighted by Gasteiger charge is -2.25. The molecular weight excluding hydrogens is 392 g/mol. The van der Waals surface area contributed by atoms with Crippen molar-refractivity contribution in [1.82, 2.24) is 0 Å². The third-order valence-corrected chi connectivity index (χ3v) is 5.53. The number of aromatic hydroxyl groups is 2. The van der Waals surface area contributed by atoms with Crippen LogP contribution in [0.5, 0.6) is 34.5 Å². The predicted octanol–water partition coefficient (Wildman–Crippen LogP) is 2.67. The van der Waals surface area contributed by atoms with Crippen molar-refractivity contribution in [3.05, 3.63) is 35.4 Å². The van der Waals surface area contributed by atoms with Crippen LogP contribution in [0.3, 0.4) is 0 Å². The van der Waals surface area contributed by atoms with Gasteiger partial charge < -0.3 is 39.0 Å². The zero-order chi connectivity index (χ0) is 21.8. The summed E-state index contributed by atoms with van der Waals surface area (Å²) in [6, 6.07) is 6.72. The monoisotopic (exact) mass is 420 g/mol. The summed E-state index contributed by atoms with van der Waals surface area (Å²) in [5.41, 5.74) is 1.47. The number of aliphatic hydroxyl groups excluding tert-OH is 1. The Morgan fingerprint density at radius 1 is 0.833 bits per heavy atom. The maximum Gasteiger partial charge on any atom is 0.200 e. The Morgan fingerprint density at radius 3 is 1.77 bits per heavy atom. The molecule has 0 saturated carbocycles. The van der Waals surface area contributed by atoms with Crippen LogP contribution < -0.4 is 18.9 Å². The van der Waals surface area contributed by atoms with Crippen molar-refractivity contribution in [2.24, 2.45) is 11.8 Å². The van der Waals surface area contributed by atoms with Crippen LogP contribution in [0.15, 0.2) is 24.3 Å². The zero-order valence-corrected chi connectivity index (χ0v) is 17.5. The van der Waals surface area contributed by atoms with E-state index >= 15 is 0 Å². The van der Waals surface area contributed by atoms with E-state index < -0.39 is 6.10 Å². The quantitative estimate of drug-likeness (QED) is 0.598. The maximum absolute atomic E-state index is 11.1. The highest BCUT2D eigenvalue weighted by Crippen LogP contribution is 2.43. The van der Waals surface area contributed by atoms with E-state index in [9.17, 15) is 15.3 Å². The second kappa shape index (κ2) is 9.32. The highest BCUT2D eigenvalue weighted by molar-refractivity contribution is 5.54. The molecule has 1 unspecified atom stereocenters. The van der Waals surface area contributed by atoms with Crippen molar-refractivity contribution in [1.29, 1.82) is 0 Å².